The van der Waals surface area contributed by atoms with E-state index in [2.05, 4.69) is 24.1 Å². The van der Waals surface area contributed by atoms with Crippen molar-refractivity contribution in [3.8, 4) is 6.07 Å². The number of rotatable bonds is 6. The van der Waals surface area contributed by atoms with Gasteiger partial charge in [-0.25, -0.2) is 0 Å². The SMILES string of the molecule is CSCCC(C)N(C)c1ccc(CO)cc1C#N. The Kier molecular flexibility index (Phi) is 6.03. The lowest BCUT2D eigenvalue weighted by Crippen LogP contribution is -2.30. The smallest absolute Gasteiger partial charge is 0.101 e. The second kappa shape index (κ2) is 7.30. The molecular weight excluding hydrogens is 244 g/mol. The standard InChI is InChI=1S/C14H20N2OS/c1-11(6-7-18-3)16(2)14-5-4-12(10-17)8-13(14)9-15/h4-5,8,11,17H,6-7,10H2,1-3H3. The highest BCUT2D eigenvalue weighted by Crippen LogP contribution is 2.23. The maximum absolute atomic E-state index is 9.18. The van der Waals surface area contributed by atoms with Gasteiger partial charge in [0.2, 0.25) is 0 Å². The Hall–Kier alpha value is -1.18. The first-order chi connectivity index (χ1) is 8.63. The Labute approximate surface area is 113 Å². The van der Waals surface area contributed by atoms with Crippen molar-refractivity contribution in [1.82, 2.24) is 0 Å². The summed E-state index contributed by atoms with van der Waals surface area (Å²) in [5, 5.41) is 18.3. The highest BCUT2D eigenvalue weighted by molar-refractivity contribution is 7.98. The van der Waals surface area contributed by atoms with Crippen molar-refractivity contribution in [2.75, 3.05) is 24.0 Å². The summed E-state index contributed by atoms with van der Waals surface area (Å²) in [4.78, 5) is 2.13. The second-order valence-corrected chi connectivity index (χ2v) is 5.35. The van der Waals surface area contributed by atoms with Gasteiger partial charge >= 0.3 is 0 Å². The molecule has 18 heavy (non-hydrogen) atoms. The van der Waals surface area contributed by atoms with Gasteiger partial charge in [0.25, 0.3) is 0 Å². The molecule has 98 valence electrons. The first kappa shape index (κ1) is 14.9. The van der Waals surface area contributed by atoms with E-state index in [0.29, 0.717) is 11.6 Å². The third kappa shape index (κ3) is 3.66. The van der Waals surface area contributed by atoms with Gasteiger partial charge in [-0.05, 0) is 43.0 Å². The fourth-order valence-corrected chi connectivity index (χ4v) is 2.37. The molecule has 0 saturated heterocycles. The van der Waals surface area contributed by atoms with E-state index in [0.717, 1.165) is 23.4 Å². The number of thioether (sulfide) groups is 1. The molecule has 0 aromatic heterocycles. The highest BCUT2D eigenvalue weighted by atomic mass is 32.2. The van der Waals surface area contributed by atoms with Crippen molar-refractivity contribution >= 4 is 17.4 Å². The molecule has 0 spiro atoms. The molecule has 1 N–H and O–H groups in total. The molecule has 0 aliphatic heterocycles. The van der Waals surface area contributed by atoms with Crippen LogP contribution in [0.4, 0.5) is 5.69 Å². The van der Waals surface area contributed by atoms with Gasteiger partial charge < -0.3 is 10.0 Å². The van der Waals surface area contributed by atoms with Crippen molar-refractivity contribution in [2.24, 2.45) is 0 Å². The molecule has 0 amide bonds. The maximum Gasteiger partial charge on any atom is 0.101 e. The summed E-state index contributed by atoms with van der Waals surface area (Å²) < 4.78 is 0. The van der Waals surface area contributed by atoms with E-state index in [1.165, 1.54) is 0 Å². The lowest BCUT2D eigenvalue weighted by Gasteiger charge is -2.28. The van der Waals surface area contributed by atoms with Crippen LogP contribution in [0.25, 0.3) is 0 Å². The molecule has 0 fully saturated rings. The van der Waals surface area contributed by atoms with Crippen LogP contribution in [0, 0.1) is 11.3 Å². The molecule has 0 radical (unpaired) electrons. The molecule has 3 nitrogen and oxygen atoms in total. The zero-order chi connectivity index (χ0) is 13.5. The first-order valence-electron chi connectivity index (χ1n) is 5.99. The fraction of sp³-hybridized carbons (Fsp3) is 0.500. The fourth-order valence-electron chi connectivity index (χ4n) is 1.80. The van der Waals surface area contributed by atoms with Crippen LogP contribution in [0.2, 0.25) is 0 Å². The Morgan fingerprint density at radius 3 is 2.78 bits per heavy atom. The lowest BCUT2D eigenvalue weighted by atomic mass is 10.1. The molecule has 0 aliphatic rings. The average molecular weight is 264 g/mol. The van der Waals surface area contributed by atoms with Gasteiger partial charge in [-0.2, -0.15) is 17.0 Å². The van der Waals surface area contributed by atoms with Crippen molar-refractivity contribution in [3.63, 3.8) is 0 Å². The van der Waals surface area contributed by atoms with Gasteiger partial charge in [0, 0.05) is 13.1 Å². The molecule has 1 aromatic carbocycles. The van der Waals surface area contributed by atoms with Crippen LogP contribution in [0.1, 0.15) is 24.5 Å². The minimum atomic E-state index is -0.0271. The molecular formula is C14H20N2OS. The highest BCUT2D eigenvalue weighted by Gasteiger charge is 2.13. The minimum Gasteiger partial charge on any atom is -0.392 e. The lowest BCUT2D eigenvalue weighted by molar-refractivity contribution is 0.282. The van der Waals surface area contributed by atoms with Gasteiger partial charge in [-0.15, -0.1) is 0 Å². The molecule has 4 heteroatoms. The molecule has 1 rings (SSSR count). The minimum absolute atomic E-state index is 0.0271. The molecule has 0 aliphatic carbocycles. The summed E-state index contributed by atoms with van der Waals surface area (Å²) in [6.07, 6.45) is 3.19. The quantitative estimate of drug-likeness (QED) is 0.858. The molecule has 1 atom stereocenters. The van der Waals surface area contributed by atoms with Crippen LogP contribution in [-0.2, 0) is 6.61 Å². The molecule has 0 saturated carbocycles. The summed E-state index contributed by atoms with van der Waals surface area (Å²) >= 11 is 1.83. The van der Waals surface area contributed by atoms with E-state index in [1.54, 1.807) is 6.07 Å². The van der Waals surface area contributed by atoms with Crippen LogP contribution in [0.15, 0.2) is 18.2 Å². The van der Waals surface area contributed by atoms with E-state index in [1.807, 2.05) is 30.9 Å². The molecule has 1 unspecified atom stereocenters. The van der Waals surface area contributed by atoms with Crippen molar-refractivity contribution < 1.29 is 5.11 Å². The van der Waals surface area contributed by atoms with Crippen LogP contribution in [-0.4, -0.2) is 30.2 Å². The topological polar surface area (TPSA) is 47.3 Å². The van der Waals surface area contributed by atoms with Gasteiger partial charge in [0.1, 0.15) is 6.07 Å². The second-order valence-electron chi connectivity index (χ2n) is 4.36. The van der Waals surface area contributed by atoms with Crippen LogP contribution in [0.5, 0.6) is 0 Å². The number of aliphatic hydroxyl groups excluding tert-OH is 1. The largest absolute Gasteiger partial charge is 0.392 e. The number of nitriles is 1. The van der Waals surface area contributed by atoms with Gasteiger partial charge in [0.05, 0.1) is 17.9 Å². The number of hydrogen-bond donors (Lipinski definition) is 1. The third-order valence-corrected chi connectivity index (χ3v) is 3.79. The predicted octanol–water partition coefficient (Wildman–Crippen LogP) is 2.63. The zero-order valence-electron chi connectivity index (χ0n) is 11.2. The van der Waals surface area contributed by atoms with Crippen LogP contribution < -0.4 is 4.90 Å². The molecule has 0 bridgehead atoms. The normalized spacial score (nSPS) is 11.9. The third-order valence-electron chi connectivity index (χ3n) is 3.14. The summed E-state index contributed by atoms with van der Waals surface area (Å²) in [5.74, 6) is 1.11. The summed E-state index contributed by atoms with van der Waals surface area (Å²) in [5.41, 5.74) is 2.34. The van der Waals surface area contributed by atoms with Crippen LogP contribution in [0.3, 0.4) is 0 Å². The summed E-state index contributed by atoms with van der Waals surface area (Å²) in [6.45, 7) is 2.14. The van der Waals surface area contributed by atoms with Crippen LogP contribution >= 0.6 is 11.8 Å². The Bertz CT molecular complexity index is 428. The maximum atomic E-state index is 9.18. The van der Waals surface area contributed by atoms with E-state index in [4.69, 9.17) is 5.11 Å². The van der Waals surface area contributed by atoms with E-state index in [-0.39, 0.29) is 6.61 Å². The Balaban J connectivity index is 2.91. The average Bonchev–Trinajstić information content (AvgIpc) is 2.43. The summed E-state index contributed by atoms with van der Waals surface area (Å²) in [7, 11) is 2.01. The van der Waals surface area contributed by atoms with E-state index in [9.17, 15) is 5.26 Å². The monoisotopic (exact) mass is 264 g/mol. The number of anilines is 1. The Morgan fingerprint density at radius 2 is 2.22 bits per heavy atom. The van der Waals surface area contributed by atoms with E-state index >= 15 is 0 Å². The first-order valence-corrected chi connectivity index (χ1v) is 7.39. The molecule has 1 aromatic rings. The predicted molar refractivity (Wildman–Crippen MR) is 77.9 cm³/mol. The van der Waals surface area contributed by atoms with Crippen molar-refractivity contribution in [1.29, 1.82) is 5.26 Å². The number of nitrogens with zero attached hydrogens (tertiary/aromatic N) is 2. The molecule has 0 heterocycles. The number of benzene rings is 1. The number of hydrogen-bond acceptors (Lipinski definition) is 4. The Morgan fingerprint density at radius 1 is 1.50 bits per heavy atom. The summed E-state index contributed by atoms with van der Waals surface area (Å²) in [6, 6.07) is 8.14. The number of aliphatic hydroxyl groups is 1. The van der Waals surface area contributed by atoms with Gasteiger partial charge in [-0.1, -0.05) is 6.07 Å². The zero-order valence-corrected chi connectivity index (χ0v) is 12.0. The van der Waals surface area contributed by atoms with Crippen molar-refractivity contribution in [3.05, 3.63) is 29.3 Å². The van der Waals surface area contributed by atoms with Gasteiger partial charge in [-0.3, -0.25) is 0 Å². The van der Waals surface area contributed by atoms with Gasteiger partial charge in [0.15, 0.2) is 0 Å². The van der Waals surface area contributed by atoms with Crippen molar-refractivity contribution in [2.45, 2.75) is 26.0 Å². The van der Waals surface area contributed by atoms with E-state index < -0.39 is 0 Å².